The van der Waals surface area contributed by atoms with E-state index in [1.54, 1.807) is 4.90 Å². The molecule has 0 aromatic heterocycles. The minimum Gasteiger partial charge on any atom is -0.480 e. The standard InChI is InChI=1S/C21H37N3O5/c1-4-15(8-5-6-10-22)21(29)24-11-7-9-17(24)18(25)12-16(14(2)3)20(28)23-13-19(26)27/h14-17H,4-13,22H2,1-3H3,(H,23,28)(H,26,27). The SMILES string of the molecule is CCC(CCCCN)C(=O)N1CCCC1C(=O)CC(C(=O)NCC(=O)O)C(C)C. The second kappa shape index (κ2) is 12.6. The molecular formula is C21H37N3O5. The van der Waals surface area contributed by atoms with Gasteiger partial charge in [-0.15, -0.1) is 0 Å². The second-order valence-corrected chi connectivity index (χ2v) is 8.21. The predicted molar refractivity (Wildman–Crippen MR) is 110 cm³/mol. The molecule has 1 aliphatic heterocycles. The number of likely N-dealkylation sites (tertiary alicyclic amines) is 1. The second-order valence-electron chi connectivity index (χ2n) is 8.21. The van der Waals surface area contributed by atoms with Gasteiger partial charge in [0.2, 0.25) is 11.8 Å². The quantitative estimate of drug-likeness (QED) is 0.394. The molecule has 166 valence electrons. The summed E-state index contributed by atoms with van der Waals surface area (Å²) in [5, 5.41) is 11.1. The van der Waals surface area contributed by atoms with E-state index in [1.165, 1.54) is 0 Å². The van der Waals surface area contributed by atoms with Crippen LogP contribution < -0.4 is 11.1 Å². The molecule has 2 amide bonds. The molecule has 29 heavy (non-hydrogen) atoms. The van der Waals surface area contributed by atoms with Crippen molar-refractivity contribution in [3.05, 3.63) is 0 Å². The molecule has 8 heteroatoms. The number of nitrogens with one attached hydrogen (secondary N) is 1. The molecule has 0 aromatic rings. The van der Waals surface area contributed by atoms with Gasteiger partial charge in [-0.05, 0) is 44.6 Å². The number of hydrogen-bond acceptors (Lipinski definition) is 5. The summed E-state index contributed by atoms with van der Waals surface area (Å²) < 4.78 is 0. The number of amides is 2. The van der Waals surface area contributed by atoms with Gasteiger partial charge in [-0.2, -0.15) is 0 Å². The Morgan fingerprint density at radius 3 is 2.45 bits per heavy atom. The van der Waals surface area contributed by atoms with E-state index >= 15 is 0 Å². The number of nitrogens with zero attached hydrogens (tertiary/aromatic N) is 1. The van der Waals surface area contributed by atoms with Crippen LogP contribution >= 0.6 is 0 Å². The highest BCUT2D eigenvalue weighted by molar-refractivity contribution is 5.93. The molecule has 0 bridgehead atoms. The van der Waals surface area contributed by atoms with Gasteiger partial charge in [0.25, 0.3) is 0 Å². The lowest BCUT2D eigenvalue weighted by Crippen LogP contribution is -2.45. The summed E-state index contributed by atoms with van der Waals surface area (Å²) in [5.74, 6) is -2.47. The molecule has 1 saturated heterocycles. The Morgan fingerprint density at radius 1 is 1.21 bits per heavy atom. The highest BCUT2D eigenvalue weighted by atomic mass is 16.4. The van der Waals surface area contributed by atoms with E-state index in [4.69, 9.17) is 10.8 Å². The molecule has 1 fully saturated rings. The highest BCUT2D eigenvalue weighted by Gasteiger charge is 2.38. The summed E-state index contributed by atoms with van der Waals surface area (Å²) in [6, 6.07) is -0.486. The van der Waals surface area contributed by atoms with Crippen LogP contribution in [-0.2, 0) is 19.2 Å². The molecule has 8 nitrogen and oxygen atoms in total. The minimum absolute atomic E-state index is 0.0154. The Morgan fingerprint density at radius 2 is 1.90 bits per heavy atom. The van der Waals surface area contributed by atoms with Crippen LogP contribution in [0.25, 0.3) is 0 Å². The van der Waals surface area contributed by atoms with Crippen LogP contribution in [0.5, 0.6) is 0 Å². The molecule has 1 aliphatic rings. The predicted octanol–water partition coefficient (Wildman–Crippen LogP) is 1.56. The molecule has 0 radical (unpaired) electrons. The lowest BCUT2D eigenvalue weighted by molar-refractivity contribution is -0.142. The Kier molecular flexibility index (Phi) is 10.9. The van der Waals surface area contributed by atoms with Crippen molar-refractivity contribution < 1.29 is 24.3 Å². The molecule has 1 heterocycles. The van der Waals surface area contributed by atoms with Gasteiger partial charge in [-0.3, -0.25) is 19.2 Å². The Labute approximate surface area is 173 Å². The fraction of sp³-hybridized carbons (Fsp3) is 0.810. The molecule has 0 aliphatic carbocycles. The van der Waals surface area contributed by atoms with Crippen molar-refractivity contribution in [3.63, 3.8) is 0 Å². The summed E-state index contributed by atoms with van der Waals surface area (Å²) in [7, 11) is 0. The first-order chi connectivity index (χ1) is 13.7. The summed E-state index contributed by atoms with van der Waals surface area (Å²) >= 11 is 0. The van der Waals surface area contributed by atoms with E-state index in [0.717, 1.165) is 32.1 Å². The first kappa shape index (κ1) is 25.1. The summed E-state index contributed by atoms with van der Waals surface area (Å²) in [5.41, 5.74) is 5.54. The van der Waals surface area contributed by atoms with Crippen LogP contribution in [0.3, 0.4) is 0 Å². The normalized spacial score (nSPS) is 18.5. The van der Waals surface area contributed by atoms with E-state index < -0.39 is 30.4 Å². The van der Waals surface area contributed by atoms with Crippen LogP contribution in [0, 0.1) is 17.8 Å². The zero-order valence-electron chi connectivity index (χ0n) is 18.0. The number of carboxylic acids is 1. The number of Topliss-reactive ketones (excluding diaryl/α,β-unsaturated/α-hetero) is 1. The summed E-state index contributed by atoms with van der Waals surface area (Å²) in [4.78, 5) is 50.7. The van der Waals surface area contributed by atoms with Crippen molar-refractivity contribution in [2.24, 2.45) is 23.5 Å². The summed E-state index contributed by atoms with van der Waals surface area (Å²) in [6.45, 7) is 6.36. The average molecular weight is 412 g/mol. The van der Waals surface area contributed by atoms with Crippen molar-refractivity contribution >= 4 is 23.6 Å². The largest absolute Gasteiger partial charge is 0.480 e. The number of hydrogen-bond donors (Lipinski definition) is 3. The smallest absolute Gasteiger partial charge is 0.322 e. The van der Waals surface area contributed by atoms with Crippen LogP contribution in [0.1, 0.15) is 65.7 Å². The Hall–Kier alpha value is -1.96. The van der Waals surface area contributed by atoms with E-state index in [1.807, 2.05) is 20.8 Å². The number of rotatable bonds is 13. The highest BCUT2D eigenvalue weighted by Crippen LogP contribution is 2.27. The van der Waals surface area contributed by atoms with Crippen molar-refractivity contribution in [1.82, 2.24) is 10.2 Å². The van der Waals surface area contributed by atoms with Crippen LogP contribution in [0.4, 0.5) is 0 Å². The zero-order valence-corrected chi connectivity index (χ0v) is 18.0. The molecule has 1 rings (SSSR count). The minimum atomic E-state index is -1.13. The Balaban J connectivity index is 2.78. The lowest BCUT2D eigenvalue weighted by Gasteiger charge is -2.29. The van der Waals surface area contributed by atoms with Gasteiger partial charge >= 0.3 is 5.97 Å². The first-order valence-electron chi connectivity index (χ1n) is 10.8. The maximum atomic E-state index is 13.0. The van der Waals surface area contributed by atoms with Crippen LogP contribution in [0.2, 0.25) is 0 Å². The average Bonchev–Trinajstić information content (AvgIpc) is 3.16. The van der Waals surface area contributed by atoms with E-state index in [0.29, 0.717) is 19.5 Å². The van der Waals surface area contributed by atoms with E-state index in [9.17, 15) is 19.2 Å². The van der Waals surface area contributed by atoms with Gasteiger partial charge in [0.1, 0.15) is 6.54 Å². The van der Waals surface area contributed by atoms with Crippen LogP contribution in [0.15, 0.2) is 0 Å². The fourth-order valence-electron chi connectivity index (χ4n) is 3.91. The molecular weight excluding hydrogens is 374 g/mol. The number of carboxylic acid groups (broad SMARTS) is 1. The van der Waals surface area contributed by atoms with E-state index in [2.05, 4.69) is 5.32 Å². The van der Waals surface area contributed by atoms with Crippen molar-refractivity contribution in [2.45, 2.75) is 71.8 Å². The molecule has 0 aromatic carbocycles. The van der Waals surface area contributed by atoms with Crippen molar-refractivity contribution in [2.75, 3.05) is 19.6 Å². The number of unbranched alkanes of at least 4 members (excludes halogenated alkanes) is 1. The lowest BCUT2D eigenvalue weighted by atomic mass is 9.87. The van der Waals surface area contributed by atoms with Gasteiger partial charge in [0.15, 0.2) is 5.78 Å². The Bertz CT molecular complexity index is 579. The van der Waals surface area contributed by atoms with Gasteiger partial charge in [0, 0.05) is 24.8 Å². The molecule has 4 N–H and O–H groups in total. The van der Waals surface area contributed by atoms with Crippen molar-refractivity contribution in [3.8, 4) is 0 Å². The molecule has 0 spiro atoms. The maximum Gasteiger partial charge on any atom is 0.322 e. The zero-order chi connectivity index (χ0) is 22.0. The van der Waals surface area contributed by atoms with Crippen molar-refractivity contribution in [1.29, 1.82) is 0 Å². The maximum absolute atomic E-state index is 13.0. The van der Waals surface area contributed by atoms with Gasteiger partial charge in [0.05, 0.1) is 6.04 Å². The number of nitrogens with two attached hydrogens (primary N) is 1. The third-order valence-corrected chi connectivity index (χ3v) is 5.73. The first-order valence-corrected chi connectivity index (χ1v) is 10.8. The summed E-state index contributed by atoms with van der Waals surface area (Å²) in [6.07, 6.45) is 4.69. The topological polar surface area (TPSA) is 130 Å². The van der Waals surface area contributed by atoms with Gasteiger partial charge < -0.3 is 21.1 Å². The third kappa shape index (κ3) is 7.76. The van der Waals surface area contributed by atoms with Gasteiger partial charge in [-0.1, -0.05) is 27.2 Å². The molecule has 0 saturated carbocycles. The van der Waals surface area contributed by atoms with Gasteiger partial charge in [-0.25, -0.2) is 0 Å². The van der Waals surface area contributed by atoms with E-state index in [-0.39, 0.29) is 29.9 Å². The third-order valence-electron chi connectivity index (χ3n) is 5.73. The fourth-order valence-corrected chi connectivity index (χ4v) is 3.91. The monoisotopic (exact) mass is 411 g/mol. The number of carbonyl (C=O) groups is 4. The number of aliphatic carboxylic acids is 1. The molecule has 3 unspecified atom stereocenters. The number of carbonyl (C=O) groups excluding carboxylic acids is 3. The molecule has 3 atom stereocenters. The van der Waals surface area contributed by atoms with Crippen LogP contribution in [-0.4, -0.2) is 59.2 Å². The number of ketones is 1.